The number of rotatable bonds is 8. The van der Waals surface area contributed by atoms with Crippen LogP contribution in [0.5, 0.6) is 11.5 Å². The molecule has 4 rings (SSSR count). The number of aromatic nitrogens is 2. The van der Waals surface area contributed by atoms with Crippen molar-refractivity contribution < 1.29 is 19.1 Å². The second-order valence-electron chi connectivity index (χ2n) is 8.10. The van der Waals surface area contributed by atoms with Crippen LogP contribution in [0.15, 0.2) is 72.8 Å². The third-order valence-electron chi connectivity index (χ3n) is 5.88. The lowest BCUT2D eigenvalue weighted by Crippen LogP contribution is -2.33. The zero-order valence-corrected chi connectivity index (χ0v) is 20.2. The Balaban J connectivity index is 1.61. The van der Waals surface area contributed by atoms with E-state index in [-0.39, 0.29) is 18.4 Å². The van der Waals surface area contributed by atoms with Crippen LogP contribution in [0.4, 0.5) is 5.69 Å². The van der Waals surface area contributed by atoms with E-state index < -0.39 is 6.04 Å². The molecule has 35 heavy (non-hydrogen) atoms. The number of hydrogen-bond donors (Lipinski definition) is 1. The van der Waals surface area contributed by atoms with Crippen molar-refractivity contribution in [3.8, 4) is 11.5 Å². The predicted octanol–water partition coefficient (Wildman–Crippen LogP) is 4.21. The van der Waals surface area contributed by atoms with Crippen molar-refractivity contribution in [3.05, 3.63) is 84.2 Å². The fraction of sp³-hybridized carbons (Fsp3) is 0.222. The van der Waals surface area contributed by atoms with E-state index in [1.807, 2.05) is 66.1 Å². The monoisotopic (exact) mass is 472 g/mol. The van der Waals surface area contributed by atoms with E-state index in [2.05, 4.69) is 5.32 Å². The van der Waals surface area contributed by atoms with Crippen LogP contribution in [0.3, 0.4) is 0 Å². The Kier molecular flexibility index (Phi) is 7.01. The maximum absolute atomic E-state index is 13.2. The summed E-state index contributed by atoms with van der Waals surface area (Å²) in [6, 6.07) is 21.6. The summed E-state index contributed by atoms with van der Waals surface area (Å²) in [7, 11) is 4.81. The number of ether oxygens (including phenoxy) is 2. The highest BCUT2D eigenvalue weighted by Gasteiger charge is 2.22. The minimum atomic E-state index is -0.460. The normalized spacial score (nSPS) is 11.7. The third-order valence-corrected chi connectivity index (χ3v) is 5.88. The molecule has 0 aliphatic carbocycles. The van der Waals surface area contributed by atoms with Gasteiger partial charge in [0.2, 0.25) is 5.91 Å². The summed E-state index contributed by atoms with van der Waals surface area (Å²) in [5.41, 5.74) is 2.81. The van der Waals surface area contributed by atoms with Gasteiger partial charge >= 0.3 is 0 Å². The molecule has 1 aromatic heterocycles. The number of para-hydroxylation sites is 3. The van der Waals surface area contributed by atoms with Crippen molar-refractivity contribution >= 4 is 28.5 Å². The molecule has 4 aromatic rings. The highest BCUT2D eigenvalue weighted by molar-refractivity contribution is 5.95. The summed E-state index contributed by atoms with van der Waals surface area (Å²) in [4.78, 5) is 32.5. The van der Waals surface area contributed by atoms with Crippen LogP contribution in [-0.2, 0) is 11.3 Å². The number of carbonyl (C=O) groups is 2. The molecule has 0 spiro atoms. The lowest BCUT2D eigenvalue weighted by atomic mass is 10.1. The van der Waals surface area contributed by atoms with Crippen LogP contribution in [0.1, 0.15) is 29.1 Å². The van der Waals surface area contributed by atoms with E-state index in [1.165, 1.54) is 7.11 Å². The van der Waals surface area contributed by atoms with Crippen LogP contribution in [0.2, 0.25) is 0 Å². The van der Waals surface area contributed by atoms with Gasteiger partial charge in [-0.1, -0.05) is 30.3 Å². The Labute approximate surface area is 204 Å². The fourth-order valence-electron chi connectivity index (χ4n) is 3.95. The summed E-state index contributed by atoms with van der Waals surface area (Å²) in [5.74, 6) is 1.22. The van der Waals surface area contributed by atoms with Gasteiger partial charge in [0.25, 0.3) is 5.91 Å². The number of carbonyl (C=O) groups excluding carboxylic acids is 2. The molecule has 2 amide bonds. The predicted molar refractivity (Wildman–Crippen MR) is 135 cm³/mol. The molecule has 0 bridgehead atoms. The van der Waals surface area contributed by atoms with E-state index in [4.69, 9.17) is 14.5 Å². The van der Waals surface area contributed by atoms with Gasteiger partial charge in [0, 0.05) is 18.3 Å². The quantitative estimate of drug-likeness (QED) is 0.415. The standard InChI is InChI=1S/C27H28N4O4/c1-18(28-27(33)19-14-15-23(34-3)24(16-19)35-4)26-29-21-12-8-9-13-22(21)31(26)17-25(32)30(2)20-10-6-5-7-11-20/h5-16,18H,17H2,1-4H3,(H,28,33). The van der Waals surface area contributed by atoms with Crippen molar-refractivity contribution in [3.63, 3.8) is 0 Å². The van der Waals surface area contributed by atoms with Crippen molar-refractivity contribution in [2.45, 2.75) is 19.5 Å². The van der Waals surface area contributed by atoms with Crippen LogP contribution < -0.4 is 19.7 Å². The first-order valence-corrected chi connectivity index (χ1v) is 11.2. The Morgan fingerprint density at radius 2 is 1.66 bits per heavy atom. The number of likely N-dealkylation sites (N-methyl/N-ethyl adjacent to an activating group) is 1. The number of hydrogen-bond acceptors (Lipinski definition) is 5. The number of nitrogens with zero attached hydrogens (tertiary/aromatic N) is 3. The van der Waals surface area contributed by atoms with E-state index in [9.17, 15) is 9.59 Å². The Morgan fingerprint density at radius 1 is 0.971 bits per heavy atom. The molecule has 1 N–H and O–H groups in total. The summed E-state index contributed by atoms with van der Waals surface area (Å²) in [6.07, 6.45) is 0. The van der Waals surface area contributed by atoms with E-state index >= 15 is 0 Å². The fourth-order valence-corrected chi connectivity index (χ4v) is 3.95. The van der Waals surface area contributed by atoms with Crippen LogP contribution >= 0.6 is 0 Å². The summed E-state index contributed by atoms with van der Waals surface area (Å²) < 4.78 is 12.4. The third kappa shape index (κ3) is 4.96. The van der Waals surface area contributed by atoms with Gasteiger partial charge in [-0.2, -0.15) is 0 Å². The van der Waals surface area contributed by atoms with Gasteiger partial charge in [-0.15, -0.1) is 0 Å². The smallest absolute Gasteiger partial charge is 0.251 e. The molecule has 0 aliphatic rings. The molecule has 0 saturated heterocycles. The molecule has 8 heteroatoms. The van der Waals surface area contributed by atoms with Crippen LogP contribution in [0.25, 0.3) is 11.0 Å². The van der Waals surface area contributed by atoms with Crippen molar-refractivity contribution in [1.29, 1.82) is 0 Å². The second kappa shape index (κ2) is 10.3. The SMILES string of the molecule is COc1ccc(C(=O)NC(C)c2nc3ccccc3n2CC(=O)N(C)c2ccccc2)cc1OC. The van der Waals surface area contributed by atoms with Gasteiger partial charge in [0.05, 0.1) is 31.3 Å². The van der Waals surface area contributed by atoms with Crippen molar-refractivity contribution in [2.75, 3.05) is 26.2 Å². The number of nitrogens with one attached hydrogen (secondary N) is 1. The Morgan fingerprint density at radius 3 is 2.37 bits per heavy atom. The van der Waals surface area contributed by atoms with Gasteiger partial charge in [0.1, 0.15) is 12.4 Å². The maximum Gasteiger partial charge on any atom is 0.251 e. The average Bonchev–Trinajstić information content (AvgIpc) is 3.26. The lowest BCUT2D eigenvalue weighted by molar-refractivity contribution is -0.118. The van der Waals surface area contributed by atoms with Gasteiger partial charge < -0.3 is 24.3 Å². The molecule has 1 atom stereocenters. The molecule has 0 fully saturated rings. The molecular weight excluding hydrogens is 444 g/mol. The van der Waals surface area contributed by atoms with Gasteiger partial charge in [0.15, 0.2) is 11.5 Å². The van der Waals surface area contributed by atoms with Crippen molar-refractivity contribution in [1.82, 2.24) is 14.9 Å². The van der Waals surface area contributed by atoms with Crippen LogP contribution in [-0.4, -0.2) is 42.6 Å². The molecule has 3 aromatic carbocycles. The maximum atomic E-state index is 13.2. The second-order valence-corrected chi connectivity index (χ2v) is 8.10. The minimum Gasteiger partial charge on any atom is -0.493 e. The molecule has 0 radical (unpaired) electrons. The first kappa shape index (κ1) is 23.8. The zero-order chi connectivity index (χ0) is 24.9. The van der Waals surface area contributed by atoms with Crippen molar-refractivity contribution in [2.24, 2.45) is 0 Å². The van der Waals surface area contributed by atoms with E-state index in [0.29, 0.717) is 22.9 Å². The minimum absolute atomic E-state index is 0.0812. The number of methoxy groups -OCH3 is 2. The molecular formula is C27H28N4O4. The van der Waals surface area contributed by atoms with E-state index in [1.54, 1.807) is 37.3 Å². The van der Waals surface area contributed by atoms with Crippen LogP contribution in [0, 0.1) is 0 Å². The van der Waals surface area contributed by atoms with Gasteiger partial charge in [-0.25, -0.2) is 4.98 Å². The number of anilines is 1. The Bertz CT molecular complexity index is 1350. The summed E-state index contributed by atoms with van der Waals surface area (Å²) >= 11 is 0. The average molecular weight is 473 g/mol. The highest BCUT2D eigenvalue weighted by Crippen LogP contribution is 2.28. The van der Waals surface area contributed by atoms with E-state index in [0.717, 1.165) is 16.7 Å². The molecule has 1 heterocycles. The number of imidazole rings is 1. The highest BCUT2D eigenvalue weighted by atomic mass is 16.5. The summed E-state index contributed by atoms with van der Waals surface area (Å²) in [6.45, 7) is 1.93. The molecule has 0 aliphatic heterocycles. The number of fused-ring (bicyclic) bond motifs is 1. The largest absolute Gasteiger partial charge is 0.493 e. The first-order valence-electron chi connectivity index (χ1n) is 11.2. The van der Waals surface area contributed by atoms with Gasteiger partial charge in [-0.3, -0.25) is 9.59 Å². The number of benzene rings is 3. The van der Waals surface area contributed by atoms with Gasteiger partial charge in [-0.05, 0) is 49.4 Å². The zero-order valence-electron chi connectivity index (χ0n) is 20.2. The molecule has 1 unspecified atom stereocenters. The molecule has 8 nitrogen and oxygen atoms in total. The molecule has 0 saturated carbocycles. The first-order chi connectivity index (χ1) is 16.9. The summed E-state index contributed by atoms with van der Waals surface area (Å²) in [5, 5.41) is 2.99. The number of amides is 2. The lowest BCUT2D eigenvalue weighted by Gasteiger charge is -2.20. The Hall–Kier alpha value is -4.33. The topological polar surface area (TPSA) is 85.7 Å². The molecule has 180 valence electrons.